The van der Waals surface area contributed by atoms with Gasteiger partial charge in [0, 0.05) is 12.6 Å². The summed E-state index contributed by atoms with van der Waals surface area (Å²) in [5.74, 6) is 2.63. The molecule has 0 aromatic heterocycles. The lowest BCUT2D eigenvalue weighted by Crippen LogP contribution is -2.28. The summed E-state index contributed by atoms with van der Waals surface area (Å²) in [6.45, 7) is 3.28. The van der Waals surface area contributed by atoms with Gasteiger partial charge < -0.3 is 10.1 Å². The largest absolute Gasteiger partial charge is 0.496 e. The topological polar surface area (TPSA) is 21.3 Å². The first-order valence-corrected chi connectivity index (χ1v) is 7.66. The fourth-order valence-electron chi connectivity index (χ4n) is 3.90. The minimum absolute atomic E-state index is 0.690. The number of hydrogen-bond acceptors (Lipinski definition) is 2. The molecule has 3 rings (SSSR count). The first kappa shape index (κ1) is 13.0. The Balaban J connectivity index is 1.68. The summed E-state index contributed by atoms with van der Waals surface area (Å²) in [4.78, 5) is 0. The number of nitrogens with one attached hydrogen (secondary N) is 1. The first-order chi connectivity index (χ1) is 9.28. The zero-order valence-corrected chi connectivity index (χ0v) is 12.1. The van der Waals surface area contributed by atoms with Crippen molar-refractivity contribution in [3.05, 3.63) is 29.3 Å². The molecule has 1 N–H and O–H groups in total. The molecule has 2 fully saturated rings. The molecule has 1 aromatic rings. The molecule has 2 unspecified atom stereocenters. The van der Waals surface area contributed by atoms with Crippen molar-refractivity contribution in [1.82, 2.24) is 5.32 Å². The Kier molecular flexibility index (Phi) is 3.79. The van der Waals surface area contributed by atoms with E-state index in [9.17, 15) is 0 Å². The van der Waals surface area contributed by atoms with E-state index in [1.807, 2.05) is 0 Å². The Bertz CT molecular complexity index is 437. The Morgan fingerprint density at radius 1 is 1.21 bits per heavy atom. The van der Waals surface area contributed by atoms with Crippen molar-refractivity contribution >= 4 is 0 Å². The lowest BCUT2D eigenvalue weighted by molar-refractivity contribution is 0.396. The van der Waals surface area contributed by atoms with E-state index in [1.165, 1.54) is 43.2 Å². The van der Waals surface area contributed by atoms with Crippen LogP contribution >= 0.6 is 0 Å². The second kappa shape index (κ2) is 5.54. The van der Waals surface area contributed by atoms with Crippen LogP contribution in [0.4, 0.5) is 0 Å². The second-order valence-corrected chi connectivity index (χ2v) is 6.22. The van der Waals surface area contributed by atoms with Crippen LogP contribution in [0.5, 0.6) is 5.75 Å². The van der Waals surface area contributed by atoms with E-state index >= 15 is 0 Å². The van der Waals surface area contributed by atoms with Crippen LogP contribution in [0.2, 0.25) is 0 Å². The van der Waals surface area contributed by atoms with Gasteiger partial charge in [0.05, 0.1) is 7.11 Å². The summed E-state index contributed by atoms with van der Waals surface area (Å²) in [7, 11) is 1.75. The molecule has 0 bridgehead atoms. The molecule has 1 saturated heterocycles. The summed E-state index contributed by atoms with van der Waals surface area (Å²) in [6.07, 6.45) is 7.07. The molecule has 2 nitrogen and oxygen atoms in total. The first-order valence-electron chi connectivity index (χ1n) is 7.66. The molecule has 1 aliphatic carbocycles. The van der Waals surface area contributed by atoms with E-state index in [0.717, 1.165) is 24.3 Å². The number of benzene rings is 1. The number of hydrogen-bond donors (Lipinski definition) is 1. The zero-order chi connectivity index (χ0) is 13.2. The van der Waals surface area contributed by atoms with Crippen molar-refractivity contribution in [2.75, 3.05) is 13.7 Å². The third-order valence-corrected chi connectivity index (χ3v) is 5.02. The van der Waals surface area contributed by atoms with E-state index < -0.39 is 0 Å². The van der Waals surface area contributed by atoms with Crippen molar-refractivity contribution in [2.45, 2.75) is 51.0 Å². The highest BCUT2D eigenvalue weighted by atomic mass is 16.5. The van der Waals surface area contributed by atoms with E-state index in [1.54, 1.807) is 7.11 Å². The van der Waals surface area contributed by atoms with E-state index in [-0.39, 0.29) is 0 Å². The average Bonchev–Trinajstić information content (AvgIpc) is 3.09. The van der Waals surface area contributed by atoms with Gasteiger partial charge in [-0.3, -0.25) is 0 Å². The minimum Gasteiger partial charge on any atom is -0.496 e. The molecule has 2 heteroatoms. The lowest BCUT2D eigenvalue weighted by Gasteiger charge is -2.18. The molecular weight excluding hydrogens is 234 g/mol. The molecule has 1 heterocycles. The number of aryl methyl sites for hydroxylation is 1. The van der Waals surface area contributed by atoms with Crippen molar-refractivity contribution in [2.24, 2.45) is 5.92 Å². The summed E-state index contributed by atoms with van der Waals surface area (Å²) >= 11 is 0. The normalized spacial score (nSPS) is 27.9. The van der Waals surface area contributed by atoms with E-state index in [4.69, 9.17) is 4.74 Å². The van der Waals surface area contributed by atoms with Gasteiger partial charge >= 0.3 is 0 Å². The molecule has 0 amide bonds. The van der Waals surface area contributed by atoms with Gasteiger partial charge in [0.15, 0.2) is 0 Å². The Morgan fingerprint density at radius 3 is 2.68 bits per heavy atom. The van der Waals surface area contributed by atoms with Crippen molar-refractivity contribution in [1.29, 1.82) is 0 Å². The quantitative estimate of drug-likeness (QED) is 0.895. The van der Waals surface area contributed by atoms with Gasteiger partial charge in [0.1, 0.15) is 5.75 Å². The lowest BCUT2D eigenvalue weighted by atomic mass is 9.89. The monoisotopic (exact) mass is 259 g/mol. The summed E-state index contributed by atoms with van der Waals surface area (Å²) < 4.78 is 5.35. The number of methoxy groups -OCH3 is 1. The van der Waals surface area contributed by atoms with Gasteiger partial charge in [-0.2, -0.15) is 0 Å². The maximum absolute atomic E-state index is 5.35. The molecular formula is C17H25NO. The van der Waals surface area contributed by atoms with Crippen LogP contribution in [-0.4, -0.2) is 19.7 Å². The van der Waals surface area contributed by atoms with Crippen LogP contribution in [0.1, 0.15) is 49.1 Å². The summed E-state index contributed by atoms with van der Waals surface area (Å²) in [5.41, 5.74) is 2.73. The highest BCUT2D eigenvalue weighted by molar-refractivity contribution is 5.38. The van der Waals surface area contributed by atoms with Crippen LogP contribution in [0, 0.1) is 12.8 Å². The number of ether oxygens (including phenoxy) is 1. The highest BCUT2D eigenvalue weighted by Gasteiger charge is 2.32. The SMILES string of the molecule is COc1ccc(C2CNC(C3CCCC3)C2)cc1C. The van der Waals surface area contributed by atoms with Gasteiger partial charge in [-0.1, -0.05) is 25.0 Å². The van der Waals surface area contributed by atoms with Crippen LogP contribution in [0.15, 0.2) is 18.2 Å². The highest BCUT2D eigenvalue weighted by Crippen LogP contribution is 2.36. The summed E-state index contributed by atoms with van der Waals surface area (Å²) in [5, 5.41) is 3.76. The molecule has 0 radical (unpaired) electrons. The van der Waals surface area contributed by atoms with Crippen LogP contribution < -0.4 is 10.1 Å². The van der Waals surface area contributed by atoms with Gasteiger partial charge in [0.2, 0.25) is 0 Å². The van der Waals surface area contributed by atoms with Crippen LogP contribution in [0.25, 0.3) is 0 Å². The van der Waals surface area contributed by atoms with Gasteiger partial charge in [-0.15, -0.1) is 0 Å². The minimum atomic E-state index is 0.690. The molecule has 0 spiro atoms. The van der Waals surface area contributed by atoms with Crippen molar-refractivity contribution in [3.8, 4) is 5.75 Å². The van der Waals surface area contributed by atoms with Crippen LogP contribution in [-0.2, 0) is 0 Å². The standard InChI is InChI=1S/C17H25NO/c1-12-9-14(7-8-17(12)19-2)15-10-16(18-11-15)13-5-3-4-6-13/h7-9,13,15-16,18H,3-6,10-11H2,1-2H3. The molecule has 1 aliphatic heterocycles. The van der Waals surface area contributed by atoms with Crippen LogP contribution in [0.3, 0.4) is 0 Å². The maximum atomic E-state index is 5.35. The van der Waals surface area contributed by atoms with Gasteiger partial charge in [-0.25, -0.2) is 0 Å². The number of rotatable bonds is 3. The third-order valence-electron chi connectivity index (χ3n) is 5.02. The van der Waals surface area contributed by atoms with Crippen molar-refractivity contribution < 1.29 is 4.74 Å². The fourth-order valence-corrected chi connectivity index (χ4v) is 3.90. The molecule has 2 aliphatic rings. The fraction of sp³-hybridized carbons (Fsp3) is 0.647. The Labute approximate surface area is 116 Å². The molecule has 104 valence electrons. The summed E-state index contributed by atoms with van der Waals surface area (Å²) in [6, 6.07) is 7.43. The molecule has 1 aromatic carbocycles. The molecule has 2 atom stereocenters. The second-order valence-electron chi connectivity index (χ2n) is 6.22. The average molecular weight is 259 g/mol. The van der Waals surface area contributed by atoms with Gasteiger partial charge in [0.25, 0.3) is 0 Å². The Hall–Kier alpha value is -1.02. The zero-order valence-electron chi connectivity index (χ0n) is 12.1. The molecule has 1 saturated carbocycles. The van der Waals surface area contributed by atoms with E-state index in [0.29, 0.717) is 5.92 Å². The Morgan fingerprint density at radius 2 is 2.00 bits per heavy atom. The molecule has 19 heavy (non-hydrogen) atoms. The van der Waals surface area contributed by atoms with Crippen molar-refractivity contribution in [3.63, 3.8) is 0 Å². The third kappa shape index (κ3) is 2.64. The van der Waals surface area contributed by atoms with Gasteiger partial charge in [-0.05, 0) is 55.2 Å². The smallest absolute Gasteiger partial charge is 0.121 e. The maximum Gasteiger partial charge on any atom is 0.121 e. The predicted molar refractivity (Wildman–Crippen MR) is 78.8 cm³/mol. The van der Waals surface area contributed by atoms with E-state index in [2.05, 4.69) is 30.4 Å². The predicted octanol–water partition coefficient (Wildman–Crippen LogP) is 3.64.